The number of hydrogen-bond acceptors (Lipinski definition) is 4. The van der Waals surface area contributed by atoms with Gasteiger partial charge in [-0.3, -0.25) is 4.57 Å². The molecule has 4 heterocycles. The lowest BCUT2D eigenvalue weighted by Crippen LogP contribution is -2.01. The second kappa shape index (κ2) is 11.9. The Balaban J connectivity index is 1.22. The van der Waals surface area contributed by atoms with Gasteiger partial charge in [0.2, 0.25) is 0 Å². The Labute approximate surface area is 299 Å². The number of benzene rings is 6. The van der Waals surface area contributed by atoms with Gasteiger partial charge in [0.1, 0.15) is 5.82 Å². The molecule has 0 radical (unpaired) electrons. The molecule has 4 aromatic heterocycles. The van der Waals surface area contributed by atoms with Crippen molar-refractivity contribution in [3.05, 3.63) is 175 Å². The largest absolute Gasteiger partial charge is 0.309 e. The molecule has 0 saturated carbocycles. The highest BCUT2D eigenvalue weighted by molar-refractivity contribution is 6.26. The fourth-order valence-electron chi connectivity index (χ4n) is 7.45. The molecule has 0 spiro atoms. The Morgan fingerprint density at radius 3 is 1.88 bits per heavy atom. The Morgan fingerprint density at radius 1 is 0.442 bits per heavy atom. The molecule has 52 heavy (non-hydrogen) atoms. The van der Waals surface area contributed by atoms with Gasteiger partial charge in [0.05, 0.1) is 50.8 Å². The predicted molar refractivity (Wildman–Crippen MR) is 210 cm³/mol. The first-order valence-electron chi connectivity index (χ1n) is 17.2. The summed E-state index contributed by atoms with van der Waals surface area (Å²) in [6.45, 7) is 0. The van der Waals surface area contributed by atoms with Crippen molar-refractivity contribution in [2.45, 2.75) is 0 Å². The summed E-state index contributed by atoms with van der Waals surface area (Å²) in [4.78, 5) is 15.3. The Kier molecular flexibility index (Phi) is 6.76. The number of nitriles is 1. The van der Waals surface area contributed by atoms with E-state index >= 15 is 0 Å². The van der Waals surface area contributed by atoms with Crippen molar-refractivity contribution in [2.24, 2.45) is 0 Å². The van der Waals surface area contributed by atoms with E-state index in [1.807, 2.05) is 72.8 Å². The molecule has 0 bridgehead atoms. The average molecular weight is 665 g/mol. The molecule has 0 fully saturated rings. The van der Waals surface area contributed by atoms with Crippen molar-refractivity contribution in [3.63, 3.8) is 0 Å². The summed E-state index contributed by atoms with van der Waals surface area (Å²) in [5.74, 6) is 1.41. The predicted octanol–water partition coefficient (Wildman–Crippen LogP) is 10.9. The van der Waals surface area contributed by atoms with E-state index in [-0.39, 0.29) is 0 Å². The smallest absolute Gasteiger partial charge is 0.160 e. The van der Waals surface area contributed by atoms with Gasteiger partial charge >= 0.3 is 0 Å². The molecule has 242 valence electrons. The third kappa shape index (κ3) is 4.68. The van der Waals surface area contributed by atoms with Crippen LogP contribution in [0.15, 0.2) is 170 Å². The third-order valence-corrected chi connectivity index (χ3v) is 9.78. The summed E-state index contributed by atoms with van der Waals surface area (Å²) in [7, 11) is 0. The van der Waals surface area contributed by atoms with E-state index in [0.29, 0.717) is 17.1 Å². The molecule has 6 heteroatoms. The van der Waals surface area contributed by atoms with Crippen molar-refractivity contribution < 1.29 is 0 Å². The van der Waals surface area contributed by atoms with Crippen molar-refractivity contribution >= 4 is 43.6 Å². The monoisotopic (exact) mass is 664 g/mol. The first-order valence-corrected chi connectivity index (χ1v) is 17.2. The fourth-order valence-corrected chi connectivity index (χ4v) is 7.45. The van der Waals surface area contributed by atoms with E-state index in [1.54, 1.807) is 0 Å². The molecule has 0 atom stereocenters. The zero-order chi connectivity index (χ0) is 34.6. The van der Waals surface area contributed by atoms with Gasteiger partial charge in [-0.05, 0) is 60.7 Å². The van der Waals surface area contributed by atoms with Crippen LogP contribution >= 0.6 is 0 Å². The topological polar surface area (TPSA) is 72.3 Å². The number of hydrogen-bond donors (Lipinski definition) is 0. The van der Waals surface area contributed by atoms with Crippen LogP contribution in [-0.2, 0) is 0 Å². The lowest BCUT2D eigenvalue weighted by Gasteiger charge is -2.12. The van der Waals surface area contributed by atoms with Gasteiger partial charge in [-0.2, -0.15) is 5.26 Å². The minimum atomic E-state index is 0.600. The molecule has 0 aliphatic rings. The molecule has 0 saturated heterocycles. The zero-order valence-corrected chi connectivity index (χ0v) is 27.8. The summed E-state index contributed by atoms with van der Waals surface area (Å²) in [5.41, 5.74) is 10.2. The molecule has 0 unspecified atom stereocenters. The summed E-state index contributed by atoms with van der Waals surface area (Å²) in [5, 5.41) is 14.2. The van der Waals surface area contributed by atoms with Crippen molar-refractivity contribution in [1.82, 2.24) is 24.1 Å². The molecule has 6 aromatic carbocycles. The van der Waals surface area contributed by atoms with Crippen LogP contribution in [0.4, 0.5) is 0 Å². The SMILES string of the molecule is N#Cc1ccc(-c2cc(-c3cccc(-n4c5ccccc5c5c4ccc4c6ccccc6n(-c6ccccc6)c45)n3)nc(-c3ccccc3)n2)cc1. The first-order chi connectivity index (χ1) is 25.7. The van der Waals surface area contributed by atoms with E-state index in [1.165, 1.54) is 27.2 Å². The van der Waals surface area contributed by atoms with Crippen LogP contribution in [0.25, 0.3) is 89.2 Å². The minimum Gasteiger partial charge on any atom is -0.309 e. The highest BCUT2D eigenvalue weighted by Crippen LogP contribution is 2.42. The van der Waals surface area contributed by atoms with Gasteiger partial charge < -0.3 is 4.57 Å². The molecule has 0 amide bonds. The summed E-state index contributed by atoms with van der Waals surface area (Å²) >= 11 is 0. The summed E-state index contributed by atoms with van der Waals surface area (Å²) in [6.07, 6.45) is 0. The number of nitrogens with zero attached hydrogens (tertiary/aromatic N) is 6. The lowest BCUT2D eigenvalue weighted by molar-refractivity contribution is 1.07. The summed E-state index contributed by atoms with van der Waals surface area (Å²) < 4.78 is 4.66. The van der Waals surface area contributed by atoms with Gasteiger partial charge in [-0.1, -0.05) is 109 Å². The molecule has 10 aromatic rings. The number of pyridine rings is 1. The fraction of sp³-hybridized carbons (Fsp3) is 0. The number of para-hydroxylation sites is 3. The van der Waals surface area contributed by atoms with Crippen LogP contribution in [0.5, 0.6) is 0 Å². The zero-order valence-electron chi connectivity index (χ0n) is 27.8. The standard InChI is InChI=1S/C46H28N6/c47-29-30-22-24-31(25-23-30)38-28-39(50-46(49-38)32-12-3-1-4-13-32)37-18-11-21-43(48-37)52-41-20-10-8-17-36(41)44-42(52)27-26-35-34-16-7-9-19-40(34)51(45(35)44)33-14-5-2-6-15-33/h1-28H. The maximum Gasteiger partial charge on any atom is 0.160 e. The quantitative estimate of drug-likeness (QED) is 0.184. The highest BCUT2D eigenvalue weighted by Gasteiger charge is 2.21. The second-order valence-electron chi connectivity index (χ2n) is 12.8. The first kappa shape index (κ1) is 29.5. The molecule has 0 aliphatic heterocycles. The lowest BCUT2D eigenvalue weighted by atomic mass is 10.1. The van der Waals surface area contributed by atoms with E-state index in [4.69, 9.17) is 15.0 Å². The number of aromatic nitrogens is 5. The van der Waals surface area contributed by atoms with E-state index < -0.39 is 0 Å². The van der Waals surface area contributed by atoms with Crippen LogP contribution in [0, 0.1) is 11.3 Å². The molecular formula is C46H28N6. The van der Waals surface area contributed by atoms with E-state index in [2.05, 4.69) is 112 Å². The minimum absolute atomic E-state index is 0.600. The van der Waals surface area contributed by atoms with Crippen molar-refractivity contribution in [3.8, 4) is 51.6 Å². The normalized spacial score (nSPS) is 11.4. The van der Waals surface area contributed by atoms with Crippen LogP contribution in [0.3, 0.4) is 0 Å². The third-order valence-electron chi connectivity index (χ3n) is 9.78. The van der Waals surface area contributed by atoms with Gasteiger partial charge in [0.15, 0.2) is 5.82 Å². The van der Waals surface area contributed by atoms with Crippen LogP contribution in [0.2, 0.25) is 0 Å². The number of fused-ring (bicyclic) bond motifs is 7. The van der Waals surface area contributed by atoms with Crippen LogP contribution in [-0.4, -0.2) is 24.1 Å². The van der Waals surface area contributed by atoms with Gasteiger partial charge in [0.25, 0.3) is 0 Å². The Bertz CT molecular complexity index is 3010. The summed E-state index contributed by atoms with van der Waals surface area (Å²) in [6, 6.07) is 60.1. The molecule has 6 nitrogen and oxygen atoms in total. The average Bonchev–Trinajstić information content (AvgIpc) is 3.74. The van der Waals surface area contributed by atoms with Crippen LogP contribution < -0.4 is 0 Å². The van der Waals surface area contributed by atoms with Gasteiger partial charge in [-0.25, -0.2) is 15.0 Å². The molecule has 0 N–H and O–H groups in total. The van der Waals surface area contributed by atoms with E-state index in [9.17, 15) is 5.26 Å². The van der Waals surface area contributed by atoms with E-state index in [0.717, 1.165) is 50.4 Å². The maximum absolute atomic E-state index is 9.39. The maximum atomic E-state index is 9.39. The number of rotatable bonds is 5. The highest BCUT2D eigenvalue weighted by atomic mass is 15.1. The van der Waals surface area contributed by atoms with Gasteiger partial charge in [-0.15, -0.1) is 0 Å². The van der Waals surface area contributed by atoms with Crippen LogP contribution in [0.1, 0.15) is 5.56 Å². The molecular weight excluding hydrogens is 637 g/mol. The Morgan fingerprint density at radius 2 is 1.12 bits per heavy atom. The van der Waals surface area contributed by atoms with Gasteiger partial charge in [0, 0.05) is 38.4 Å². The molecule has 0 aliphatic carbocycles. The molecule has 10 rings (SSSR count). The van der Waals surface area contributed by atoms with Crippen molar-refractivity contribution in [1.29, 1.82) is 5.26 Å². The Hall–Kier alpha value is -7.36. The second-order valence-corrected chi connectivity index (χ2v) is 12.8. The van der Waals surface area contributed by atoms with Crippen molar-refractivity contribution in [2.75, 3.05) is 0 Å².